The Labute approximate surface area is 137 Å². The molecule has 1 aromatic carbocycles. The van der Waals surface area contributed by atoms with Gasteiger partial charge in [-0.2, -0.15) is 0 Å². The van der Waals surface area contributed by atoms with Crippen LogP contribution in [0.2, 0.25) is 5.02 Å². The molecule has 1 atom stereocenters. The first-order valence-corrected chi connectivity index (χ1v) is 8.12. The van der Waals surface area contributed by atoms with Gasteiger partial charge in [0.25, 0.3) is 0 Å². The number of nitrogens with two attached hydrogens (primary N) is 1. The fraction of sp³-hybridized carbons (Fsp3) is 0.562. The van der Waals surface area contributed by atoms with Crippen LogP contribution in [0.1, 0.15) is 26.2 Å². The summed E-state index contributed by atoms with van der Waals surface area (Å²) in [6, 6.07) is 6.08. The van der Waals surface area contributed by atoms with E-state index in [0.717, 1.165) is 18.8 Å². The molecule has 1 unspecified atom stereocenters. The second-order valence-corrected chi connectivity index (χ2v) is 6.03. The van der Waals surface area contributed by atoms with Gasteiger partial charge in [0.1, 0.15) is 5.75 Å². The van der Waals surface area contributed by atoms with Crippen LogP contribution in [0.5, 0.6) is 5.75 Å². The third kappa shape index (κ3) is 4.78. The Balaban J connectivity index is 1.83. The normalized spacial score (nSPS) is 20.0. The molecule has 2 rings (SSSR count). The fourth-order valence-corrected chi connectivity index (χ4v) is 2.98. The highest BCUT2D eigenvalue weighted by Crippen LogP contribution is 2.27. The second-order valence-electron chi connectivity index (χ2n) is 5.62. The van der Waals surface area contributed by atoms with E-state index in [2.05, 4.69) is 22.1 Å². The van der Waals surface area contributed by atoms with Crippen LogP contribution >= 0.6 is 11.6 Å². The van der Waals surface area contributed by atoms with Gasteiger partial charge in [-0.05, 0) is 44.5 Å². The molecule has 1 saturated heterocycles. The van der Waals surface area contributed by atoms with Crippen molar-refractivity contribution < 1.29 is 4.74 Å². The molecular weight excluding hydrogens is 300 g/mol. The van der Waals surface area contributed by atoms with Crippen LogP contribution in [-0.4, -0.2) is 43.6 Å². The monoisotopic (exact) mass is 324 g/mol. The molecule has 1 heterocycles. The summed E-state index contributed by atoms with van der Waals surface area (Å²) in [6.07, 6.45) is 3.90. The highest BCUT2D eigenvalue weighted by atomic mass is 35.5. The van der Waals surface area contributed by atoms with Crippen LogP contribution in [0.15, 0.2) is 23.2 Å². The molecule has 5 nitrogen and oxygen atoms in total. The molecule has 1 fully saturated rings. The zero-order chi connectivity index (χ0) is 15.9. The number of methoxy groups -OCH3 is 1. The molecule has 0 spiro atoms. The van der Waals surface area contributed by atoms with E-state index in [4.69, 9.17) is 22.1 Å². The van der Waals surface area contributed by atoms with E-state index >= 15 is 0 Å². The first-order chi connectivity index (χ1) is 10.6. The maximum atomic E-state index is 6.08. The number of hydrogen-bond donors (Lipinski definition) is 2. The summed E-state index contributed by atoms with van der Waals surface area (Å²) in [6.45, 7) is 5.10. The van der Waals surface area contributed by atoms with E-state index in [1.165, 1.54) is 19.3 Å². The molecule has 0 radical (unpaired) electrons. The number of piperidine rings is 1. The van der Waals surface area contributed by atoms with Crippen molar-refractivity contribution in [1.29, 1.82) is 0 Å². The van der Waals surface area contributed by atoms with E-state index in [0.29, 0.717) is 29.3 Å². The lowest BCUT2D eigenvalue weighted by Crippen LogP contribution is -2.39. The predicted molar refractivity (Wildman–Crippen MR) is 93.0 cm³/mol. The number of ether oxygens (including phenoxy) is 1. The summed E-state index contributed by atoms with van der Waals surface area (Å²) in [5, 5.41) is 3.60. The Hall–Kier alpha value is -1.46. The zero-order valence-corrected chi connectivity index (χ0v) is 14.1. The summed E-state index contributed by atoms with van der Waals surface area (Å²) < 4.78 is 5.12. The highest BCUT2D eigenvalue weighted by Gasteiger charge is 2.17. The van der Waals surface area contributed by atoms with Gasteiger partial charge in [0.05, 0.1) is 18.7 Å². The number of benzene rings is 1. The van der Waals surface area contributed by atoms with Crippen LogP contribution in [0, 0.1) is 0 Å². The summed E-state index contributed by atoms with van der Waals surface area (Å²) in [4.78, 5) is 6.86. The first kappa shape index (κ1) is 16.9. The van der Waals surface area contributed by atoms with E-state index < -0.39 is 0 Å². The Kier molecular flexibility index (Phi) is 6.34. The number of hydrogen-bond acceptors (Lipinski definition) is 3. The maximum absolute atomic E-state index is 6.08. The largest absolute Gasteiger partial charge is 0.495 e. The topological polar surface area (TPSA) is 62.9 Å². The van der Waals surface area contributed by atoms with Gasteiger partial charge >= 0.3 is 0 Å². The zero-order valence-electron chi connectivity index (χ0n) is 13.3. The number of nitrogens with one attached hydrogen (secondary N) is 1. The second kappa shape index (κ2) is 8.25. The fourth-order valence-electron chi connectivity index (χ4n) is 2.72. The minimum Gasteiger partial charge on any atom is -0.495 e. The van der Waals surface area contributed by atoms with Crippen LogP contribution in [-0.2, 0) is 0 Å². The van der Waals surface area contributed by atoms with Crippen molar-refractivity contribution in [3.05, 3.63) is 23.2 Å². The lowest BCUT2D eigenvalue weighted by Gasteiger charge is -2.32. The van der Waals surface area contributed by atoms with E-state index in [1.807, 2.05) is 6.07 Å². The summed E-state index contributed by atoms with van der Waals surface area (Å²) in [7, 11) is 1.59. The smallest absolute Gasteiger partial charge is 0.193 e. The molecular formula is C16H25ClN4O. The third-order valence-electron chi connectivity index (χ3n) is 4.03. The van der Waals surface area contributed by atoms with Crippen molar-refractivity contribution >= 4 is 23.2 Å². The van der Waals surface area contributed by atoms with Crippen molar-refractivity contribution in [2.24, 2.45) is 10.7 Å². The van der Waals surface area contributed by atoms with Crippen molar-refractivity contribution in [3.8, 4) is 5.75 Å². The molecule has 3 N–H and O–H groups in total. The minimum atomic E-state index is 0.408. The molecule has 1 aliphatic heterocycles. The van der Waals surface area contributed by atoms with Gasteiger partial charge in [-0.15, -0.1) is 0 Å². The predicted octanol–water partition coefficient (Wildman–Crippen LogP) is 2.95. The number of halogens is 1. The van der Waals surface area contributed by atoms with Gasteiger partial charge in [0, 0.05) is 18.3 Å². The van der Waals surface area contributed by atoms with Crippen LogP contribution in [0.4, 0.5) is 5.69 Å². The summed E-state index contributed by atoms with van der Waals surface area (Å²) in [5.74, 6) is 1.05. The molecule has 1 aromatic rings. The minimum absolute atomic E-state index is 0.408. The molecule has 122 valence electrons. The van der Waals surface area contributed by atoms with Gasteiger partial charge in [-0.25, -0.2) is 0 Å². The van der Waals surface area contributed by atoms with Gasteiger partial charge < -0.3 is 15.8 Å². The van der Waals surface area contributed by atoms with Crippen molar-refractivity contribution in [2.45, 2.75) is 32.2 Å². The molecule has 1 aliphatic rings. The Morgan fingerprint density at radius 2 is 2.32 bits per heavy atom. The maximum Gasteiger partial charge on any atom is 0.193 e. The molecule has 6 heteroatoms. The van der Waals surface area contributed by atoms with Crippen molar-refractivity contribution in [3.63, 3.8) is 0 Å². The molecule has 0 aromatic heterocycles. The van der Waals surface area contributed by atoms with Crippen LogP contribution in [0.3, 0.4) is 0 Å². The molecule has 22 heavy (non-hydrogen) atoms. The molecule has 0 bridgehead atoms. The quantitative estimate of drug-likeness (QED) is 0.645. The summed E-state index contributed by atoms with van der Waals surface area (Å²) in [5.41, 5.74) is 6.73. The summed E-state index contributed by atoms with van der Waals surface area (Å²) >= 11 is 6.08. The number of aliphatic imine (C=N–C) groups is 1. The Bertz CT molecular complexity index is 521. The first-order valence-electron chi connectivity index (χ1n) is 7.74. The van der Waals surface area contributed by atoms with Crippen molar-refractivity contribution in [2.75, 3.05) is 32.1 Å². The lowest BCUT2D eigenvalue weighted by molar-refractivity contribution is 0.166. The van der Waals surface area contributed by atoms with E-state index in [9.17, 15) is 0 Å². The molecule has 0 saturated carbocycles. The van der Waals surface area contributed by atoms with Crippen LogP contribution < -0.4 is 15.8 Å². The highest BCUT2D eigenvalue weighted by molar-refractivity contribution is 6.32. The standard InChI is InChI=1S/C16H25ClN4O/c1-12-5-3-4-9-21(12)10-8-19-16(18)20-13-6-7-15(22-2)14(17)11-13/h6-7,11-12H,3-5,8-10H2,1-2H3,(H3,18,19,20). The van der Waals surface area contributed by atoms with E-state index in [1.54, 1.807) is 19.2 Å². The number of guanidine groups is 1. The Morgan fingerprint density at radius 1 is 1.50 bits per heavy atom. The number of rotatable bonds is 5. The number of anilines is 1. The molecule has 0 aliphatic carbocycles. The van der Waals surface area contributed by atoms with Crippen molar-refractivity contribution in [1.82, 2.24) is 4.90 Å². The van der Waals surface area contributed by atoms with Gasteiger partial charge in [0.2, 0.25) is 0 Å². The third-order valence-corrected chi connectivity index (χ3v) is 4.33. The van der Waals surface area contributed by atoms with Gasteiger partial charge in [-0.1, -0.05) is 18.0 Å². The van der Waals surface area contributed by atoms with Crippen LogP contribution in [0.25, 0.3) is 0 Å². The van der Waals surface area contributed by atoms with Gasteiger partial charge in [-0.3, -0.25) is 9.89 Å². The number of nitrogens with zero attached hydrogens (tertiary/aromatic N) is 2. The van der Waals surface area contributed by atoms with Gasteiger partial charge in [0.15, 0.2) is 5.96 Å². The number of likely N-dealkylation sites (tertiary alicyclic amines) is 1. The Morgan fingerprint density at radius 3 is 3.00 bits per heavy atom. The van der Waals surface area contributed by atoms with E-state index in [-0.39, 0.29) is 0 Å². The average Bonchev–Trinajstić information content (AvgIpc) is 2.49. The molecule has 0 amide bonds. The average molecular weight is 325 g/mol. The lowest BCUT2D eigenvalue weighted by atomic mass is 10.0. The SMILES string of the molecule is COc1ccc(NC(N)=NCCN2CCCCC2C)cc1Cl.